The molecular formula is C18H25ClF3N3O2. The highest BCUT2D eigenvalue weighted by atomic mass is 35.5. The van der Waals surface area contributed by atoms with E-state index in [0.717, 1.165) is 37.8 Å². The monoisotopic (exact) mass is 407 g/mol. The van der Waals surface area contributed by atoms with Crippen LogP contribution in [0.4, 0.5) is 18.9 Å². The zero-order valence-electron chi connectivity index (χ0n) is 14.9. The molecular weight excluding hydrogens is 383 g/mol. The van der Waals surface area contributed by atoms with E-state index in [1.165, 1.54) is 12.5 Å². The molecule has 4 N–H and O–H groups in total. The van der Waals surface area contributed by atoms with Crippen molar-refractivity contribution in [2.75, 3.05) is 11.9 Å². The molecule has 0 aliphatic heterocycles. The molecule has 27 heavy (non-hydrogen) atoms. The zero-order chi connectivity index (χ0) is 19.2. The standard InChI is InChI=1S/C18H24F3N3O2.ClH/c19-18(20,21)14-6-13(10-22)7-15(9-14)24-17(26)11-23-16(25)8-12-4-2-1-3-5-12;/h6-7,9,12H,1-5,8,10-11,22H2,(H,23,25)(H,24,26);1H. The van der Waals surface area contributed by atoms with Crippen LogP contribution in [0, 0.1) is 5.92 Å². The van der Waals surface area contributed by atoms with Gasteiger partial charge in [-0.15, -0.1) is 12.4 Å². The van der Waals surface area contributed by atoms with Gasteiger partial charge in [0.05, 0.1) is 12.1 Å². The van der Waals surface area contributed by atoms with Crippen molar-refractivity contribution in [3.8, 4) is 0 Å². The van der Waals surface area contributed by atoms with Gasteiger partial charge in [-0.1, -0.05) is 19.3 Å². The average Bonchev–Trinajstić information content (AvgIpc) is 2.60. The molecule has 9 heteroatoms. The van der Waals surface area contributed by atoms with Gasteiger partial charge in [0, 0.05) is 18.7 Å². The number of anilines is 1. The minimum Gasteiger partial charge on any atom is -0.347 e. The summed E-state index contributed by atoms with van der Waals surface area (Å²) in [5.74, 6) is -0.439. The molecule has 0 radical (unpaired) electrons. The molecule has 0 bridgehead atoms. The first-order chi connectivity index (χ1) is 12.3. The van der Waals surface area contributed by atoms with Gasteiger partial charge >= 0.3 is 6.18 Å². The number of nitrogens with two attached hydrogens (primary N) is 1. The first-order valence-electron chi connectivity index (χ1n) is 8.75. The summed E-state index contributed by atoms with van der Waals surface area (Å²) in [6, 6.07) is 3.18. The van der Waals surface area contributed by atoms with E-state index in [0.29, 0.717) is 12.3 Å². The topological polar surface area (TPSA) is 84.2 Å². The highest BCUT2D eigenvalue weighted by molar-refractivity contribution is 5.94. The Bertz CT molecular complexity index is 647. The van der Waals surface area contributed by atoms with E-state index in [9.17, 15) is 22.8 Å². The minimum atomic E-state index is -4.53. The van der Waals surface area contributed by atoms with E-state index in [1.807, 2.05) is 0 Å². The Morgan fingerprint density at radius 2 is 1.74 bits per heavy atom. The van der Waals surface area contributed by atoms with E-state index >= 15 is 0 Å². The summed E-state index contributed by atoms with van der Waals surface area (Å²) >= 11 is 0. The largest absolute Gasteiger partial charge is 0.416 e. The number of halogens is 4. The van der Waals surface area contributed by atoms with Crippen molar-refractivity contribution < 1.29 is 22.8 Å². The van der Waals surface area contributed by atoms with Crippen LogP contribution in [0.1, 0.15) is 49.7 Å². The smallest absolute Gasteiger partial charge is 0.347 e. The highest BCUT2D eigenvalue weighted by Gasteiger charge is 2.31. The fraction of sp³-hybridized carbons (Fsp3) is 0.556. The van der Waals surface area contributed by atoms with Crippen molar-refractivity contribution in [3.05, 3.63) is 29.3 Å². The second kappa shape index (κ2) is 10.5. The molecule has 0 spiro atoms. The van der Waals surface area contributed by atoms with Gasteiger partial charge in [0.25, 0.3) is 0 Å². The predicted molar refractivity (Wildman–Crippen MR) is 99.4 cm³/mol. The molecule has 1 aliphatic rings. The first-order valence-corrected chi connectivity index (χ1v) is 8.75. The molecule has 1 saturated carbocycles. The number of carbonyl (C=O) groups excluding carboxylic acids is 2. The van der Waals surface area contributed by atoms with Gasteiger partial charge in [0.15, 0.2) is 0 Å². The Balaban J connectivity index is 0.00000364. The summed E-state index contributed by atoms with van der Waals surface area (Å²) < 4.78 is 38.7. The highest BCUT2D eigenvalue weighted by Crippen LogP contribution is 2.32. The molecule has 2 rings (SSSR count). The molecule has 5 nitrogen and oxygen atoms in total. The summed E-state index contributed by atoms with van der Waals surface area (Å²) in [4.78, 5) is 23.8. The van der Waals surface area contributed by atoms with E-state index in [-0.39, 0.29) is 42.7 Å². The number of carbonyl (C=O) groups is 2. The maximum absolute atomic E-state index is 12.9. The molecule has 152 valence electrons. The van der Waals surface area contributed by atoms with Crippen LogP contribution in [0.15, 0.2) is 18.2 Å². The van der Waals surface area contributed by atoms with E-state index in [1.54, 1.807) is 0 Å². The van der Waals surface area contributed by atoms with E-state index < -0.39 is 17.6 Å². The summed E-state index contributed by atoms with van der Waals surface area (Å²) in [5, 5.41) is 4.90. The number of benzene rings is 1. The van der Waals surface area contributed by atoms with Crippen molar-refractivity contribution in [3.63, 3.8) is 0 Å². The molecule has 0 aromatic heterocycles. The number of rotatable bonds is 6. The van der Waals surface area contributed by atoms with Crippen LogP contribution in [0.3, 0.4) is 0 Å². The SMILES string of the molecule is Cl.NCc1cc(NC(=O)CNC(=O)CC2CCCCC2)cc(C(F)(F)F)c1. The minimum absolute atomic E-state index is 0. The molecule has 0 heterocycles. The van der Waals surface area contributed by atoms with E-state index in [4.69, 9.17) is 5.73 Å². The van der Waals surface area contributed by atoms with Gasteiger partial charge in [-0.05, 0) is 42.5 Å². The Morgan fingerprint density at radius 3 is 2.33 bits per heavy atom. The van der Waals surface area contributed by atoms with Crippen molar-refractivity contribution in [1.82, 2.24) is 5.32 Å². The van der Waals surface area contributed by atoms with Gasteiger partial charge in [-0.2, -0.15) is 13.2 Å². The average molecular weight is 408 g/mol. The number of alkyl halides is 3. The Morgan fingerprint density at radius 1 is 1.07 bits per heavy atom. The van der Waals surface area contributed by atoms with Crippen molar-refractivity contribution >= 4 is 29.9 Å². The van der Waals surface area contributed by atoms with Gasteiger partial charge in [-0.3, -0.25) is 9.59 Å². The van der Waals surface area contributed by atoms with E-state index in [2.05, 4.69) is 10.6 Å². The molecule has 1 aromatic carbocycles. The Hall–Kier alpha value is -1.80. The molecule has 0 unspecified atom stereocenters. The van der Waals surface area contributed by atoms with Crippen LogP contribution >= 0.6 is 12.4 Å². The molecule has 2 amide bonds. The zero-order valence-corrected chi connectivity index (χ0v) is 15.7. The first kappa shape index (κ1) is 23.2. The summed E-state index contributed by atoms with van der Waals surface area (Å²) in [6.45, 7) is -0.356. The van der Waals surface area contributed by atoms with Crippen LogP contribution in [-0.4, -0.2) is 18.4 Å². The Kier molecular flexibility index (Phi) is 9.05. The lowest BCUT2D eigenvalue weighted by molar-refractivity contribution is -0.137. The van der Waals surface area contributed by atoms with Crippen LogP contribution in [-0.2, 0) is 22.3 Å². The predicted octanol–water partition coefficient (Wildman–Crippen LogP) is 3.61. The second-order valence-corrected chi connectivity index (χ2v) is 6.65. The summed E-state index contributed by atoms with van der Waals surface area (Å²) in [7, 11) is 0. The van der Waals surface area contributed by atoms with Crippen LogP contribution in [0.5, 0.6) is 0 Å². The number of amides is 2. The lowest BCUT2D eigenvalue weighted by Crippen LogP contribution is -2.34. The maximum Gasteiger partial charge on any atom is 0.416 e. The molecule has 1 aromatic rings. The van der Waals surface area contributed by atoms with Crippen molar-refractivity contribution in [2.45, 2.75) is 51.2 Å². The molecule has 1 fully saturated rings. The van der Waals surface area contributed by atoms with Crippen molar-refractivity contribution in [1.29, 1.82) is 0 Å². The van der Waals surface area contributed by atoms with Crippen LogP contribution < -0.4 is 16.4 Å². The molecule has 0 atom stereocenters. The van der Waals surface area contributed by atoms with Crippen molar-refractivity contribution in [2.24, 2.45) is 11.7 Å². The molecule has 1 aliphatic carbocycles. The number of hydrogen-bond donors (Lipinski definition) is 3. The Labute approximate surface area is 162 Å². The lowest BCUT2D eigenvalue weighted by atomic mass is 9.87. The normalized spacial score (nSPS) is 15.0. The fourth-order valence-electron chi connectivity index (χ4n) is 3.16. The number of hydrogen-bond acceptors (Lipinski definition) is 3. The summed E-state index contributed by atoms with van der Waals surface area (Å²) in [5.41, 5.74) is 4.80. The quantitative estimate of drug-likeness (QED) is 0.673. The van der Waals surface area contributed by atoms with Gasteiger partial charge in [0.1, 0.15) is 0 Å². The number of nitrogens with one attached hydrogen (secondary N) is 2. The lowest BCUT2D eigenvalue weighted by Gasteiger charge is -2.20. The second-order valence-electron chi connectivity index (χ2n) is 6.65. The van der Waals surface area contributed by atoms with Crippen LogP contribution in [0.25, 0.3) is 0 Å². The fourth-order valence-corrected chi connectivity index (χ4v) is 3.16. The third-order valence-electron chi connectivity index (χ3n) is 4.48. The van der Waals surface area contributed by atoms with Gasteiger partial charge in [-0.25, -0.2) is 0 Å². The third-order valence-corrected chi connectivity index (χ3v) is 4.48. The maximum atomic E-state index is 12.9. The van der Waals surface area contributed by atoms with Gasteiger partial charge < -0.3 is 16.4 Å². The van der Waals surface area contributed by atoms with Crippen LogP contribution in [0.2, 0.25) is 0 Å². The van der Waals surface area contributed by atoms with Gasteiger partial charge in [0.2, 0.25) is 11.8 Å². The summed E-state index contributed by atoms with van der Waals surface area (Å²) in [6.07, 6.45) is 1.33. The third kappa shape index (κ3) is 7.76. The molecule has 0 saturated heterocycles.